The van der Waals surface area contributed by atoms with Crippen LogP contribution in [0.3, 0.4) is 0 Å². The molecule has 1 rings (SSSR count). The van der Waals surface area contributed by atoms with Crippen molar-refractivity contribution in [1.82, 2.24) is 20.5 Å². The van der Waals surface area contributed by atoms with E-state index in [0.717, 1.165) is 37.5 Å². The number of amides is 1. The number of guanidine groups is 1. The van der Waals surface area contributed by atoms with Gasteiger partial charge in [0.05, 0.1) is 6.54 Å². The Morgan fingerprint density at radius 1 is 1.28 bits per heavy atom. The Bertz CT molecular complexity index is 602. The number of hydrogen-bond acceptors (Lipinski definition) is 5. The Hall–Kier alpha value is -2.35. The Kier molecular flexibility index (Phi) is 11.7. The molecule has 0 fully saturated rings. The van der Waals surface area contributed by atoms with Crippen LogP contribution in [0, 0.1) is 0 Å². The average Bonchev–Trinajstić information content (AvgIpc) is 2.66. The molecular weight excluding hydrogens is 370 g/mol. The van der Waals surface area contributed by atoms with E-state index < -0.39 is 5.60 Å². The molecule has 0 aliphatic heterocycles. The molecule has 164 valence electrons. The first-order valence-corrected chi connectivity index (χ1v) is 10.2. The first kappa shape index (κ1) is 24.7. The number of aromatic nitrogens is 1. The van der Waals surface area contributed by atoms with E-state index in [1.165, 1.54) is 0 Å². The molecular formula is C21H37N5O3. The molecule has 29 heavy (non-hydrogen) atoms. The van der Waals surface area contributed by atoms with Gasteiger partial charge in [0.1, 0.15) is 5.60 Å². The van der Waals surface area contributed by atoms with Crippen molar-refractivity contribution in [3.63, 3.8) is 0 Å². The number of carbonyl (C=O) groups excluding carboxylic acids is 1. The molecule has 2 N–H and O–H groups in total. The molecule has 0 unspecified atom stereocenters. The van der Waals surface area contributed by atoms with Gasteiger partial charge in [-0.3, -0.25) is 9.98 Å². The number of carbonyl (C=O) groups is 1. The third-order valence-corrected chi connectivity index (χ3v) is 3.77. The van der Waals surface area contributed by atoms with Gasteiger partial charge in [-0.25, -0.2) is 4.79 Å². The Morgan fingerprint density at radius 3 is 2.69 bits per heavy atom. The third-order valence-electron chi connectivity index (χ3n) is 3.77. The van der Waals surface area contributed by atoms with Crippen LogP contribution in [-0.2, 0) is 16.0 Å². The van der Waals surface area contributed by atoms with Crippen LogP contribution in [0.2, 0.25) is 0 Å². The molecule has 0 radical (unpaired) electrons. The van der Waals surface area contributed by atoms with E-state index in [-0.39, 0.29) is 6.09 Å². The molecule has 0 atom stereocenters. The predicted molar refractivity (Wildman–Crippen MR) is 116 cm³/mol. The summed E-state index contributed by atoms with van der Waals surface area (Å²) in [6, 6.07) is 3.82. The maximum Gasteiger partial charge on any atom is 0.410 e. The topological polar surface area (TPSA) is 88.1 Å². The van der Waals surface area contributed by atoms with Gasteiger partial charge in [0.25, 0.3) is 0 Å². The summed E-state index contributed by atoms with van der Waals surface area (Å²) in [7, 11) is 1.70. The standard InChI is InChI=1S/C21H37N5O3/c1-6-23-19(25-13-9-15-28-5)24-12-8-14-26(20(27)29-21(2,3)4)17-18-10-7-11-22-16-18/h7,10-11,16H,6,8-9,12-15,17H2,1-5H3,(H2,23,24,25). The number of rotatable bonds is 11. The van der Waals surface area contributed by atoms with E-state index in [0.29, 0.717) is 26.2 Å². The van der Waals surface area contributed by atoms with Gasteiger partial charge in [-0.2, -0.15) is 0 Å². The van der Waals surface area contributed by atoms with Gasteiger partial charge in [-0.05, 0) is 52.2 Å². The second-order valence-electron chi connectivity index (χ2n) is 7.65. The van der Waals surface area contributed by atoms with Crippen LogP contribution in [0.4, 0.5) is 4.79 Å². The van der Waals surface area contributed by atoms with Crippen molar-refractivity contribution in [2.45, 2.75) is 52.7 Å². The molecule has 0 saturated heterocycles. The maximum absolute atomic E-state index is 12.6. The average molecular weight is 408 g/mol. The zero-order valence-electron chi connectivity index (χ0n) is 18.5. The van der Waals surface area contributed by atoms with Crippen molar-refractivity contribution in [1.29, 1.82) is 0 Å². The molecule has 8 nitrogen and oxygen atoms in total. The van der Waals surface area contributed by atoms with Gasteiger partial charge < -0.3 is 25.0 Å². The molecule has 8 heteroatoms. The second kappa shape index (κ2) is 13.8. The molecule has 1 amide bonds. The van der Waals surface area contributed by atoms with Crippen LogP contribution in [0.1, 0.15) is 46.1 Å². The molecule has 1 aromatic heterocycles. The highest BCUT2D eigenvalue weighted by Crippen LogP contribution is 2.13. The van der Waals surface area contributed by atoms with Crippen LogP contribution >= 0.6 is 0 Å². The van der Waals surface area contributed by atoms with E-state index in [4.69, 9.17) is 9.47 Å². The molecule has 0 bridgehead atoms. The van der Waals surface area contributed by atoms with Gasteiger partial charge in [-0.1, -0.05) is 6.07 Å². The van der Waals surface area contributed by atoms with Crippen molar-refractivity contribution in [3.05, 3.63) is 30.1 Å². The van der Waals surface area contributed by atoms with Crippen molar-refractivity contribution < 1.29 is 14.3 Å². The summed E-state index contributed by atoms with van der Waals surface area (Å²) in [6.45, 7) is 11.6. The van der Waals surface area contributed by atoms with Crippen LogP contribution in [0.15, 0.2) is 29.5 Å². The van der Waals surface area contributed by atoms with Crippen molar-refractivity contribution >= 4 is 12.1 Å². The minimum Gasteiger partial charge on any atom is -0.444 e. The fraction of sp³-hybridized carbons (Fsp3) is 0.667. The second-order valence-corrected chi connectivity index (χ2v) is 7.65. The summed E-state index contributed by atoms with van der Waals surface area (Å²) < 4.78 is 10.6. The summed E-state index contributed by atoms with van der Waals surface area (Å²) in [5, 5.41) is 6.51. The number of nitrogens with zero attached hydrogens (tertiary/aromatic N) is 3. The number of nitrogens with one attached hydrogen (secondary N) is 2. The Balaban J connectivity index is 2.61. The first-order chi connectivity index (χ1) is 13.9. The van der Waals surface area contributed by atoms with Gasteiger partial charge in [0, 0.05) is 52.3 Å². The van der Waals surface area contributed by atoms with Crippen LogP contribution in [-0.4, -0.2) is 67.4 Å². The predicted octanol–water partition coefficient (Wildman–Crippen LogP) is 2.80. The van der Waals surface area contributed by atoms with Crippen LogP contribution < -0.4 is 10.6 Å². The van der Waals surface area contributed by atoms with E-state index in [2.05, 4.69) is 20.6 Å². The minimum absolute atomic E-state index is 0.324. The number of methoxy groups -OCH3 is 1. The molecule has 1 aromatic rings. The lowest BCUT2D eigenvalue weighted by Crippen LogP contribution is -2.39. The fourth-order valence-electron chi connectivity index (χ4n) is 2.49. The molecule has 0 spiro atoms. The third kappa shape index (κ3) is 11.9. The van der Waals surface area contributed by atoms with Crippen LogP contribution in [0.25, 0.3) is 0 Å². The number of hydrogen-bond donors (Lipinski definition) is 2. The van der Waals surface area contributed by atoms with Crippen molar-refractivity contribution in [2.24, 2.45) is 4.99 Å². The molecule has 0 aromatic carbocycles. The van der Waals surface area contributed by atoms with Gasteiger partial charge >= 0.3 is 6.09 Å². The van der Waals surface area contributed by atoms with Gasteiger partial charge in [0.15, 0.2) is 5.96 Å². The maximum atomic E-state index is 12.6. The smallest absolute Gasteiger partial charge is 0.410 e. The summed E-state index contributed by atoms with van der Waals surface area (Å²) in [5.74, 6) is 0.777. The monoisotopic (exact) mass is 407 g/mol. The normalized spacial score (nSPS) is 11.8. The highest BCUT2D eigenvalue weighted by Gasteiger charge is 2.22. The van der Waals surface area contributed by atoms with E-state index >= 15 is 0 Å². The summed E-state index contributed by atoms with van der Waals surface area (Å²) in [6.07, 6.45) is 4.81. The highest BCUT2D eigenvalue weighted by molar-refractivity contribution is 5.79. The lowest BCUT2D eigenvalue weighted by atomic mass is 10.2. The van der Waals surface area contributed by atoms with E-state index in [9.17, 15) is 4.79 Å². The molecule has 0 saturated carbocycles. The molecule has 1 heterocycles. The highest BCUT2D eigenvalue weighted by atomic mass is 16.6. The molecule has 0 aliphatic carbocycles. The van der Waals surface area contributed by atoms with E-state index in [1.807, 2.05) is 39.8 Å². The number of ether oxygens (including phenoxy) is 2. The Morgan fingerprint density at radius 2 is 2.07 bits per heavy atom. The zero-order valence-corrected chi connectivity index (χ0v) is 18.5. The van der Waals surface area contributed by atoms with Gasteiger partial charge in [-0.15, -0.1) is 0 Å². The fourth-order valence-corrected chi connectivity index (χ4v) is 2.49. The van der Waals surface area contributed by atoms with Crippen molar-refractivity contribution in [2.75, 3.05) is 39.9 Å². The zero-order chi connectivity index (χ0) is 21.5. The van der Waals surface area contributed by atoms with Gasteiger partial charge in [0.2, 0.25) is 0 Å². The molecule has 0 aliphatic rings. The van der Waals surface area contributed by atoms with E-state index in [1.54, 1.807) is 24.4 Å². The summed E-state index contributed by atoms with van der Waals surface area (Å²) >= 11 is 0. The SMILES string of the molecule is CCNC(=NCCCN(Cc1cccnc1)C(=O)OC(C)(C)C)NCCCOC. The van der Waals surface area contributed by atoms with Crippen molar-refractivity contribution in [3.8, 4) is 0 Å². The number of pyridine rings is 1. The quantitative estimate of drug-likeness (QED) is 0.333. The Labute approximate surface area is 175 Å². The summed E-state index contributed by atoms with van der Waals surface area (Å²) in [4.78, 5) is 23.0. The largest absolute Gasteiger partial charge is 0.444 e. The lowest BCUT2D eigenvalue weighted by molar-refractivity contribution is 0.0232. The summed E-state index contributed by atoms with van der Waals surface area (Å²) in [5.41, 5.74) is 0.433. The number of aliphatic imine (C=N–C) groups is 1. The first-order valence-electron chi connectivity index (χ1n) is 10.2. The van der Waals surface area contributed by atoms with Crippen LogP contribution in [0.5, 0.6) is 0 Å². The minimum atomic E-state index is -0.535. The lowest BCUT2D eigenvalue weighted by Gasteiger charge is -2.27.